The lowest BCUT2D eigenvalue weighted by atomic mass is 10.3. The first-order valence-corrected chi connectivity index (χ1v) is 12.0. The Morgan fingerprint density at radius 2 is 1.92 bits per heavy atom. The van der Waals surface area contributed by atoms with Crippen molar-refractivity contribution in [1.82, 2.24) is 34.2 Å². The number of amides is 1. The Bertz CT molecular complexity index is 1570. The van der Waals surface area contributed by atoms with Crippen molar-refractivity contribution in [2.45, 2.75) is 20.4 Å². The van der Waals surface area contributed by atoms with Gasteiger partial charge in [0.15, 0.2) is 17.2 Å². The second kappa shape index (κ2) is 9.74. The van der Waals surface area contributed by atoms with Crippen molar-refractivity contribution >= 4 is 39.3 Å². The third-order valence-corrected chi connectivity index (χ3v) is 5.95. The van der Waals surface area contributed by atoms with Crippen molar-refractivity contribution in [2.24, 2.45) is 0 Å². The van der Waals surface area contributed by atoms with Gasteiger partial charge in [0.05, 0.1) is 28.7 Å². The normalized spacial score (nSPS) is 11.1. The molecule has 0 spiro atoms. The fourth-order valence-corrected chi connectivity index (χ4v) is 4.20. The molecule has 0 bridgehead atoms. The number of esters is 1. The van der Waals surface area contributed by atoms with E-state index in [1.807, 2.05) is 43.5 Å². The van der Waals surface area contributed by atoms with Gasteiger partial charge in [0.1, 0.15) is 11.3 Å². The van der Waals surface area contributed by atoms with E-state index in [0.717, 1.165) is 4.47 Å². The van der Waals surface area contributed by atoms with Crippen LogP contribution in [0.1, 0.15) is 34.7 Å². The van der Waals surface area contributed by atoms with E-state index in [1.165, 1.54) is 10.9 Å². The van der Waals surface area contributed by atoms with E-state index in [-0.39, 0.29) is 23.7 Å². The van der Waals surface area contributed by atoms with Crippen LogP contribution in [0.4, 0.5) is 5.82 Å². The van der Waals surface area contributed by atoms with E-state index in [1.54, 1.807) is 34.5 Å². The molecule has 5 aromatic rings. The average molecular weight is 549 g/mol. The van der Waals surface area contributed by atoms with Gasteiger partial charge in [-0.05, 0) is 48.0 Å². The Morgan fingerprint density at radius 1 is 1.11 bits per heavy atom. The second-order valence-electron chi connectivity index (χ2n) is 7.64. The topological polar surface area (TPSA) is 121 Å². The highest BCUT2D eigenvalue weighted by atomic mass is 79.9. The number of hydrogen-bond donors (Lipinski definition) is 1. The van der Waals surface area contributed by atoms with E-state index < -0.39 is 11.9 Å². The van der Waals surface area contributed by atoms with Gasteiger partial charge in [-0.3, -0.25) is 9.48 Å². The van der Waals surface area contributed by atoms with E-state index >= 15 is 0 Å². The third kappa shape index (κ3) is 4.26. The van der Waals surface area contributed by atoms with Crippen molar-refractivity contribution in [2.75, 3.05) is 11.9 Å². The van der Waals surface area contributed by atoms with Crippen molar-refractivity contribution < 1.29 is 14.3 Å². The molecule has 5 rings (SSSR count). The molecule has 11 nitrogen and oxygen atoms in total. The molecule has 1 amide bonds. The fourth-order valence-electron chi connectivity index (χ4n) is 3.68. The van der Waals surface area contributed by atoms with Crippen molar-refractivity contribution in [3.05, 3.63) is 76.8 Å². The van der Waals surface area contributed by atoms with Gasteiger partial charge >= 0.3 is 5.97 Å². The Balaban J connectivity index is 1.53. The van der Waals surface area contributed by atoms with Crippen molar-refractivity contribution in [3.8, 4) is 17.1 Å². The number of aryl methyl sites for hydroxylation is 1. The van der Waals surface area contributed by atoms with Crippen LogP contribution in [-0.2, 0) is 11.3 Å². The number of fused-ring (bicyclic) bond motifs is 1. The SMILES string of the molecule is CCOC(=O)c1cnn(-c2ccccc2)c1NC(=O)c1cc2nccc(-c3nn(CC)cc3Br)n2n1. The number of carbonyl (C=O) groups is 2. The number of hydrogen-bond acceptors (Lipinski definition) is 7. The van der Waals surface area contributed by atoms with Crippen molar-refractivity contribution in [1.29, 1.82) is 0 Å². The summed E-state index contributed by atoms with van der Waals surface area (Å²) in [5, 5.41) is 16.1. The van der Waals surface area contributed by atoms with Gasteiger partial charge in [-0.25, -0.2) is 19.0 Å². The molecule has 0 fully saturated rings. The molecular weight excluding hydrogens is 528 g/mol. The maximum atomic E-state index is 13.3. The predicted octanol–water partition coefficient (Wildman–Crippen LogP) is 3.99. The number of carbonyl (C=O) groups excluding carboxylic acids is 2. The van der Waals surface area contributed by atoms with Crippen LogP contribution in [0.3, 0.4) is 0 Å². The number of halogens is 1. The molecule has 12 heteroatoms. The van der Waals surface area contributed by atoms with E-state index in [0.29, 0.717) is 29.3 Å². The Morgan fingerprint density at radius 3 is 2.64 bits per heavy atom. The summed E-state index contributed by atoms with van der Waals surface area (Å²) in [7, 11) is 0. The highest BCUT2D eigenvalue weighted by Crippen LogP contribution is 2.27. The molecule has 1 aromatic carbocycles. The predicted molar refractivity (Wildman–Crippen MR) is 135 cm³/mol. The molecule has 182 valence electrons. The summed E-state index contributed by atoms with van der Waals surface area (Å²) in [6, 6.07) is 12.5. The molecule has 0 radical (unpaired) electrons. The van der Waals surface area contributed by atoms with Gasteiger partial charge < -0.3 is 10.1 Å². The zero-order chi connectivity index (χ0) is 25.2. The first-order valence-electron chi connectivity index (χ1n) is 11.2. The summed E-state index contributed by atoms with van der Waals surface area (Å²) < 4.78 is 10.8. The standard InChI is InChI=1S/C24H21BrN8O3/c1-3-31-14-17(25)21(30-31)19-10-11-26-20-12-18(29-33(19)20)23(34)28-22-16(24(35)36-4-2)13-27-32(22)15-8-6-5-7-9-15/h5-14H,3-4H2,1-2H3,(H,28,34). The number of benzene rings is 1. The maximum Gasteiger partial charge on any atom is 0.343 e. The molecule has 0 aliphatic carbocycles. The van der Waals surface area contributed by atoms with Gasteiger partial charge in [0, 0.05) is 25.0 Å². The summed E-state index contributed by atoms with van der Waals surface area (Å²) in [6.07, 6.45) is 4.88. The molecule has 0 saturated carbocycles. The number of rotatable bonds is 7. The summed E-state index contributed by atoms with van der Waals surface area (Å²) >= 11 is 3.54. The summed E-state index contributed by atoms with van der Waals surface area (Å²) in [5.74, 6) is -0.947. The van der Waals surface area contributed by atoms with E-state index in [9.17, 15) is 9.59 Å². The molecular formula is C24H21BrN8O3. The van der Waals surface area contributed by atoms with E-state index in [4.69, 9.17) is 4.74 Å². The van der Waals surface area contributed by atoms with Gasteiger partial charge in [-0.15, -0.1) is 0 Å². The summed E-state index contributed by atoms with van der Waals surface area (Å²) in [5.41, 5.74) is 2.71. The number of anilines is 1. The summed E-state index contributed by atoms with van der Waals surface area (Å²) in [4.78, 5) is 30.2. The largest absolute Gasteiger partial charge is 0.462 e. The Labute approximate surface area is 213 Å². The number of aromatic nitrogens is 7. The Hall–Kier alpha value is -4.32. The highest BCUT2D eigenvalue weighted by molar-refractivity contribution is 9.10. The molecule has 0 aliphatic rings. The zero-order valence-electron chi connectivity index (χ0n) is 19.4. The first-order chi connectivity index (χ1) is 17.5. The van der Waals surface area contributed by atoms with Crippen LogP contribution >= 0.6 is 15.9 Å². The van der Waals surface area contributed by atoms with Crippen LogP contribution in [0.25, 0.3) is 22.7 Å². The maximum absolute atomic E-state index is 13.3. The summed E-state index contributed by atoms with van der Waals surface area (Å²) in [6.45, 7) is 4.60. The molecule has 0 atom stereocenters. The van der Waals surface area contributed by atoms with Crippen LogP contribution < -0.4 is 5.32 Å². The molecule has 4 aromatic heterocycles. The third-order valence-electron chi connectivity index (χ3n) is 5.37. The first kappa shape index (κ1) is 23.4. The van der Waals surface area contributed by atoms with Crippen LogP contribution in [0.15, 0.2) is 65.5 Å². The minimum absolute atomic E-state index is 0.108. The molecule has 0 aliphatic heterocycles. The Kier molecular flexibility index (Phi) is 6.34. The molecule has 4 heterocycles. The quantitative estimate of drug-likeness (QED) is 0.305. The number of ether oxygens (including phenoxy) is 1. The molecule has 0 unspecified atom stereocenters. The van der Waals surface area contributed by atoms with Crippen molar-refractivity contribution in [3.63, 3.8) is 0 Å². The number of nitrogens with one attached hydrogen (secondary N) is 1. The van der Waals surface area contributed by atoms with Crippen LogP contribution in [-0.4, -0.2) is 52.6 Å². The van der Waals surface area contributed by atoms with Gasteiger partial charge in [0.25, 0.3) is 5.91 Å². The lowest BCUT2D eigenvalue weighted by Crippen LogP contribution is -2.18. The number of nitrogens with zero attached hydrogens (tertiary/aromatic N) is 7. The van der Waals surface area contributed by atoms with Gasteiger partial charge in [-0.1, -0.05) is 18.2 Å². The van der Waals surface area contributed by atoms with E-state index in [2.05, 4.69) is 41.5 Å². The lowest BCUT2D eigenvalue weighted by Gasteiger charge is -2.10. The van der Waals surface area contributed by atoms with Crippen LogP contribution in [0.2, 0.25) is 0 Å². The van der Waals surface area contributed by atoms with Crippen LogP contribution in [0.5, 0.6) is 0 Å². The smallest absolute Gasteiger partial charge is 0.343 e. The second-order valence-corrected chi connectivity index (χ2v) is 8.49. The molecule has 36 heavy (non-hydrogen) atoms. The lowest BCUT2D eigenvalue weighted by molar-refractivity contribution is 0.0527. The highest BCUT2D eigenvalue weighted by Gasteiger charge is 2.24. The van der Waals surface area contributed by atoms with Crippen LogP contribution in [0, 0.1) is 0 Å². The average Bonchev–Trinajstić information content (AvgIpc) is 3.61. The molecule has 1 N–H and O–H groups in total. The fraction of sp³-hybridized carbons (Fsp3) is 0.167. The zero-order valence-corrected chi connectivity index (χ0v) is 21.0. The number of para-hydroxylation sites is 1. The minimum atomic E-state index is -0.592. The molecule has 0 saturated heterocycles. The minimum Gasteiger partial charge on any atom is -0.462 e. The van der Waals surface area contributed by atoms with Gasteiger partial charge in [-0.2, -0.15) is 15.3 Å². The van der Waals surface area contributed by atoms with Gasteiger partial charge in [0.2, 0.25) is 0 Å². The monoisotopic (exact) mass is 548 g/mol.